The van der Waals surface area contributed by atoms with Crippen LogP contribution in [0.4, 0.5) is 5.69 Å². The molecule has 1 aliphatic heterocycles. The SMILES string of the molecule is COc1ccc(NC(=O)C2[C@H]3CNC[C@@H]23)cc1OCc1ccc2ccccc2n1. The molecule has 2 aliphatic rings. The number of hydrogen-bond donors (Lipinski definition) is 2. The number of amides is 1. The highest BCUT2D eigenvalue weighted by atomic mass is 16.5. The van der Waals surface area contributed by atoms with Gasteiger partial charge in [0.05, 0.1) is 18.3 Å². The second-order valence-corrected chi connectivity index (χ2v) is 7.65. The molecule has 0 spiro atoms. The highest BCUT2D eigenvalue weighted by Crippen LogP contribution is 2.49. The smallest absolute Gasteiger partial charge is 0.228 e. The van der Waals surface area contributed by atoms with Crippen molar-refractivity contribution in [2.45, 2.75) is 6.61 Å². The Morgan fingerprint density at radius 3 is 2.76 bits per heavy atom. The Labute approximate surface area is 169 Å². The van der Waals surface area contributed by atoms with Crippen LogP contribution >= 0.6 is 0 Å². The Hall–Kier alpha value is -3.12. The molecular weight excluding hydrogens is 366 g/mol. The largest absolute Gasteiger partial charge is 0.493 e. The maximum atomic E-state index is 12.5. The van der Waals surface area contributed by atoms with E-state index >= 15 is 0 Å². The monoisotopic (exact) mass is 389 g/mol. The van der Waals surface area contributed by atoms with E-state index in [0.717, 1.165) is 35.4 Å². The van der Waals surface area contributed by atoms with E-state index in [1.54, 1.807) is 7.11 Å². The van der Waals surface area contributed by atoms with Crippen LogP contribution in [-0.2, 0) is 11.4 Å². The minimum atomic E-state index is 0.0915. The van der Waals surface area contributed by atoms with Gasteiger partial charge in [0.1, 0.15) is 6.61 Å². The van der Waals surface area contributed by atoms with E-state index < -0.39 is 0 Å². The van der Waals surface area contributed by atoms with Crippen LogP contribution in [0.25, 0.3) is 10.9 Å². The standard InChI is InChI=1S/C23H23N3O3/c1-28-20-9-8-15(26-23(27)22-17-11-24-12-18(17)22)10-21(20)29-13-16-7-6-14-4-2-3-5-19(14)25-16/h2-10,17-18,22,24H,11-13H2,1H3,(H,26,27)/t17-,18+,22?. The molecule has 1 saturated heterocycles. The van der Waals surface area contributed by atoms with Crippen LogP contribution in [0.3, 0.4) is 0 Å². The summed E-state index contributed by atoms with van der Waals surface area (Å²) in [5.41, 5.74) is 2.49. The molecule has 0 bridgehead atoms. The number of anilines is 1. The lowest BCUT2D eigenvalue weighted by Gasteiger charge is -2.13. The average molecular weight is 389 g/mol. The fourth-order valence-electron chi connectivity index (χ4n) is 4.24. The number of carbonyl (C=O) groups is 1. The molecule has 1 aliphatic carbocycles. The van der Waals surface area contributed by atoms with Gasteiger partial charge in [0, 0.05) is 23.1 Å². The van der Waals surface area contributed by atoms with Crippen LogP contribution in [-0.4, -0.2) is 31.1 Å². The van der Waals surface area contributed by atoms with Gasteiger partial charge in [-0.15, -0.1) is 0 Å². The molecule has 1 saturated carbocycles. The summed E-state index contributed by atoms with van der Waals surface area (Å²) < 4.78 is 11.4. The normalized spacial score (nSPS) is 22.2. The van der Waals surface area contributed by atoms with Crippen molar-refractivity contribution in [2.24, 2.45) is 17.8 Å². The van der Waals surface area contributed by atoms with Gasteiger partial charge in [0.2, 0.25) is 5.91 Å². The van der Waals surface area contributed by atoms with Crippen molar-refractivity contribution in [3.05, 3.63) is 60.3 Å². The third-order valence-electron chi connectivity index (χ3n) is 5.86. The zero-order valence-electron chi connectivity index (χ0n) is 16.2. The van der Waals surface area contributed by atoms with Crippen LogP contribution in [0.15, 0.2) is 54.6 Å². The van der Waals surface area contributed by atoms with Gasteiger partial charge in [-0.1, -0.05) is 24.3 Å². The summed E-state index contributed by atoms with van der Waals surface area (Å²) >= 11 is 0. The number of fused-ring (bicyclic) bond motifs is 2. The summed E-state index contributed by atoms with van der Waals surface area (Å²) in [6, 6.07) is 17.5. The molecule has 1 unspecified atom stereocenters. The average Bonchev–Trinajstić information content (AvgIpc) is 3.24. The van der Waals surface area contributed by atoms with Crippen molar-refractivity contribution >= 4 is 22.5 Å². The van der Waals surface area contributed by atoms with Gasteiger partial charge < -0.3 is 20.1 Å². The first-order valence-corrected chi connectivity index (χ1v) is 9.90. The van der Waals surface area contributed by atoms with Gasteiger partial charge in [-0.3, -0.25) is 4.79 Å². The van der Waals surface area contributed by atoms with E-state index in [1.165, 1.54) is 0 Å². The predicted molar refractivity (Wildman–Crippen MR) is 111 cm³/mol. The third-order valence-corrected chi connectivity index (χ3v) is 5.86. The molecule has 2 fully saturated rings. The van der Waals surface area contributed by atoms with Gasteiger partial charge in [0.15, 0.2) is 11.5 Å². The molecule has 1 amide bonds. The van der Waals surface area contributed by atoms with Crippen LogP contribution < -0.4 is 20.1 Å². The highest BCUT2D eigenvalue weighted by Gasteiger charge is 2.56. The van der Waals surface area contributed by atoms with Gasteiger partial charge in [-0.05, 0) is 49.2 Å². The number of benzene rings is 2. The number of carbonyl (C=O) groups excluding carboxylic acids is 1. The van der Waals surface area contributed by atoms with Gasteiger partial charge >= 0.3 is 0 Å². The Morgan fingerprint density at radius 1 is 1.10 bits per heavy atom. The fraction of sp³-hybridized carbons (Fsp3) is 0.304. The fourth-order valence-corrected chi connectivity index (χ4v) is 4.24. The third kappa shape index (κ3) is 3.51. The van der Waals surface area contributed by atoms with Crippen LogP contribution in [0.2, 0.25) is 0 Å². The van der Waals surface area contributed by atoms with Crippen molar-refractivity contribution in [3.8, 4) is 11.5 Å². The first-order chi connectivity index (χ1) is 14.2. The van der Waals surface area contributed by atoms with E-state index in [0.29, 0.717) is 29.9 Å². The number of methoxy groups -OCH3 is 1. The summed E-state index contributed by atoms with van der Waals surface area (Å²) in [7, 11) is 1.60. The quantitative estimate of drug-likeness (QED) is 0.677. The van der Waals surface area contributed by atoms with E-state index in [-0.39, 0.29) is 11.8 Å². The van der Waals surface area contributed by atoms with Crippen LogP contribution in [0, 0.1) is 17.8 Å². The van der Waals surface area contributed by atoms with Gasteiger partial charge in [-0.2, -0.15) is 0 Å². The second kappa shape index (κ2) is 7.37. The number of nitrogens with zero attached hydrogens (tertiary/aromatic N) is 1. The lowest BCUT2D eigenvalue weighted by atomic mass is 10.2. The highest BCUT2D eigenvalue weighted by molar-refractivity contribution is 5.95. The zero-order chi connectivity index (χ0) is 19.8. The van der Waals surface area contributed by atoms with E-state index in [2.05, 4.69) is 15.6 Å². The number of piperidine rings is 1. The molecule has 1 aromatic heterocycles. The molecule has 0 radical (unpaired) electrons. The minimum Gasteiger partial charge on any atom is -0.493 e. The van der Waals surface area contributed by atoms with E-state index in [1.807, 2.05) is 54.6 Å². The molecule has 3 atom stereocenters. The lowest BCUT2D eigenvalue weighted by molar-refractivity contribution is -0.118. The summed E-state index contributed by atoms with van der Waals surface area (Å²) in [6.45, 7) is 2.20. The first-order valence-electron chi connectivity index (χ1n) is 9.90. The van der Waals surface area contributed by atoms with Crippen molar-refractivity contribution in [1.82, 2.24) is 10.3 Å². The number of aromatic nitrogens is 1. The number of hydrogen-bond acceptors (Lipinski definition) is 5. The van der Waals surface area contributed by atoms with E-state index in [9.17, 15) is 4.79 Å². The van der Waals surface area contributed by atoms with Crippen molar-refractivity contribution < 1.29 is 14.3 Å². The Balaban J connectivity index is 1.29. The molecule has 3 aromatic rings. The Bertz CT molecular complexity index is 1060. The Morgan fingerprint density at radius 2 is 1.93 bits per heavy atom. The first kappa shape index (κ1) is 17.9. The zero-order valence-corrected chi connectivity index (χ0v) is 16.2. The number of rotatable bonds is 6. The molecule has 2 N–H and O–H groups in total. The number of nitrogens with one attached hydrogen (secondary N) is 2. The molecule has 5 rings (SSSR count). The molecule has 6 heteroatoms. The number of pyridine rings is 1. The molecule has 2 aromatic carbocycles. The number of para-hydroxylation sites is 1. The molecule has 29 heavy (non-hydrogen) atoms. The summed E-state index contributed by atoms with van der Waals surface area (Å²) in [6.07, 6.45) is 0. The lowest BCUT2D eigenvalue weighted by Crippen LogP contribution is -2.23. The molecule has 2 heterocycles. The van der Waals surface area contributed by atoms with Crippen LogP contribution in [0.1, 0.15) is 5.69 Å². The molecule has 148 valence electrons. The van der Waals surface area contributed by atoms with Crippen LogP contribution in [0.5, 0.6) is 11.5 Å². The Kier molecular flexibility index (Phi) is 4.56. The molecular formula is C23H23N3O3. The van der Waals surface area contributed by atoms with Crippen molar-refractivity contribution in [2.75, 3.05) is 25.5 Å². The maximum absolute atomic E-state index is 12.5. The van der Waals surface area contributed by atoms with Gasteiger partial charge in [-0.25, -0.2) is 4.98 Å². The minimum absolute atomic E-state index is 0.0915. The van der Waals surface area contributed by atoms with Crippen molar-refractivity contribution in [3.63, 3.8) is 0 Å². The van der Waals surface area contributed by atoms with Gasteiger partial charge in [0.25, 0.3) is 0 Å². The number of ether oxygens (including phenoxy) is 2. The van der Waals surface area contributed by atoms with Crippen molar-refractivity contribution in [1.29, 1.82) is 0 Å². The molecule has 6 nitrogen and oxygen atoms in total. The summed E-state index contributed by atoms with van der Waals surface area (Å²) in [5.74, 6) is 2.40. The topological polar surface area (TPSA) is 72.5 Å². The summed E-state index contributed by atoms with van der Waals surface area (Å²) in [4.78, 5) is 17.2. The summed E-state index contributed by atoms with van der Waals surface area (Å²) in [5, 5.41) is 7.44. The predicted octanol–water partition coefficient (Wildman–Crippen LogP) is 3.23. The maximum Gasteiger partial charge on any atom is 0.228 e. The van der Waals surface area contributed by atoms with E-state index in [4.69, 9.17) is 9.47 Å². The second-order valence-electron chi connectivity index (χ2n) is 7.65.